The molecule has 0 atom stereocenters. The van der Waals surface area contributed by atoms with Gasteiger partial charge < -0.3 is 4.74 Å². The summed E-state index contributed by atoms with van der Waals surface area (Å²) in [4.78, 5) is 29.6. The number of carbonyl (C=O) groups excluding carboxylic acids is 2. The van der Waals surface area contributed by atoms with Gasteiger partial charge in [-0.2, -0.15) is 5.10 Å². The van der Waals surface area contributed by atoms with E-state index in [1.807, 2.05) is 44.2 Å². The maximum absolute atomic E-state index is 12.7. The zero-order valence-corrected chi connectivity index (χ0v) is 16.3. The average Bonchev–Trinajstić information content (AvgIpc) is 3.25. The van der Waals surface area contributed by atoms with Gasteiger partial charge in [-0.25, -0.2) is 9.78 Å². The highest BCUT2D eigenvalue weighted by molar-refractivity contribution is 7.16. The number of benzene rings is 1. The van der Waals surface area contributed by atoms with Crippen LogP contribution >= 0.6 is 11.3 Å². The number of methoxy groups -OCH3 is 1. The maximum atomic E-state index is 12.7. The van der Waals surface area contributed by atoms with Crippen molar-refractivity contribution in [3.05, 3.63) is 52.7 Å². The number of hydrogen-bond donors (Lipinski definition) is 1. The summed E-state index contributed by atoms with van der Waals surface area (Å²) < 4.78 is 6.30. The van der Waals surface area contributed by atoms with E-state index in [0.29, 0.717) is 16.5 Å². The van der Waals surface area contributed by atoms with E-state index in [4.69, 9.17) is 4.74 Å². The van der Waals surface area contributed by atoms with Crippen LogP contribution in [0.3, 0.4) is 0 Å². The van der Waals surface area contributed by atoms with Crippen molar-refractivity contribution >= 4 is 28.3 Å². The molecule has 2 aromatic heterocycles. The van der Waals surface area contributed by atoms with Crippen LogP contribution in [0.4, 0.5) is 5.13 Å². The summed E-state index contributed by atoms with van der Waals surface area (Å²) in [7, 11) is 3.02. The molecule has 0 bridgehead atoms. The van der Waals surface area contributed by atoms with Crippen LogP contribution < -0.4 is 5.32 Å². The first-order valence-electron chi connectivity index (χ1n) is 8.40. The number of anilines is 1. The summed E-state index contributed by atoms with van der Waals surface area (Å²) in [5.41, 5.74) is 2.27. The summed E-state index contributed by atoms with van der Waals surface area (Å²) in [6.45, 7) is 3.91. The molecule has 0 aliphatic carbocycles. The van der Waals surface area contributed by atoms with Crippen molar-refractivity contribution in [2.75, 3.05) is 12.4 Å². The summed E-state index contributed by atoms with van der Waals surface area (Å²) in [6.07, 6.45) is 0. The predicted molar refractivity (Wildman–Crippen MR) is 104 cm³/mol. The van der Waals surface area contributed by atoms with E-state index in [0.717, 1.165) is 10.4 Å². The van der Waals surface area contributed by atoms with E-state index in [2.05, 4.69) is 15.4 Å². The van der Waals surface area contributed by atoms with E-state index in [1.54, 1.807) is 13.1 Å². The highest BCUT2D eigenvalue weighted by atomic mass is 32.1. The number of aryl methyl sites for hydroxylation is 1. The fourth-order valence-corrected chi connectivity index (χ4v) is 3.56. The van der Waals surface area contributed by atoms with E-state index >= 15 is 0 Å². The van der Waals surface area contributed by atoms with Crippen LogP contribution in [0.1, 0.15) is 45.6 Å². The van der Waals surface area contributed by atoms with Crippen molar-refractivity contribution in [2.45, 2.75) is 19.8 Å². The molecule has 2 heterocycles. The lowest BCUT2D eigenvalue weighted by Gasteiger charge is -2.02. The van der Waals surface area contributed by atoms with Gasteiger partial charge in [0.05, 0.1) is 12.8 Å². The number of thiazole rings is 1. The Hall–Kier alpha value is -3.00. The Morgan fingerprint density at radius 3 is 2.56 bits per heavy atom. The number of ether oxygens (including phenoxy) is 1. The molecule has 27 heavy (non-hydrogen) atoms. The van der Waals surface area contributed by atoms with Gasteiger partial charge in [-0.3, -0.25) is 14.8 Å². The van der Waals surface area contributed by atoms with Crippen molar-refractivity contribution in [2.24, 2.45) is 7.05 Å². The molecule has 3 rings (SSSR count). The van der Waals surface area contributed by atoms with Crippen molar-refractivity contribution in [3.63, 3.8) is 0 Å². The van der Waals surface area contributed by atoms with Gasteiger partial charge >= 0.3 is 5.97 Å². The molecule has 3 aromatic rings. The molecular formula is C19H20N4O3S. The minimum Gasteiger partial charge on any atom is -0.464 e. The number of nitrogens with one attached hydrogen (secondary N) is 1. The van der Waals surface area contributed by atoms with Gasteiger partial charge in [-0.1, -0.05) is 44.2 Å². The first-order chi connectivity index (χ1) is 12.9. The van der Waals surface area contributed by atoms with Crippen molar-refractivity contribution in [1.82, 2.24) is 14.8 Å². The highest BCUT2D eigenvalue weighted by Crippen LogP contribution is 2.30. The van der Waals surface area contributed by atoms with Crippen LogP contribution in [0, 0.1) is 0 Å². The van der Waals surface area contributed by atoms with E-state index in [9.17, 15) is 9.59 Å². The summed E-state index contributed by atoms with van der Waals surface area (Å²) in [5.74, 6) is -0.765. The third-order valence-corrected chi connectivity index (χ3v) is 5.23. The average molecular weight is 384 g/mol. The summed E-state index contributed by atoms with van der Waals surface area (Å²) in [5, 5.41) is 7.51. The Morgan fingerprint density at radius 2 is 1.93 bits per heavy atom. The molecule has 0 aliphatic heterocycles. The van der Waals surface area contributed by atoms with E-state index in [-0.39, 0.29) is 17.5 Å². The van der Waals surface area contributed by atoms with Crippen molar-refractivity contribution in [1.29, 1.82) is 0 Å². The number of aromatic nitrogens is 3. The van der Waals surface area contributed by atoms with E-state index in [1.165, 1.54) is 23.1 Å². The highest BCUT2D eigenvalue weighted by Gasteiger charge is 2.23. The van der Waals surface area contributed by atoms with Gasteiger partial charge in [0.25, 0.3) is 5.91 Å². The molecule has 1 aromatic carbocycles. The van der Waals surface area contributed by atoms with Gasteiger partial charge in [0.2, 0.25) is 0 Å². The van der Waals surface area contributed by atoms with Gasteiger partial charge in [0, 0.05) is 17.5 Å². The molecule has 1 N–H and O–H groups in total. The van der Waals surface area contributed by atoms with Gasteiger partial charge in [0.1, 0.15) is 5.69 Å². The van der Waals surface area contributed by atoms with Crippen LogP contribution in [0.15, 0.2) is 36.4 Å². The second-order valence-corrected chi connectivity index (χ2v) is 7.27. The van der Waals surface area contributed by atoms with Crippen LogP contribution in [0.2, 0.25) is 0 Å². The standard InChI is InChI=1S/C19H20N4O3S/c1-11(2)16-15(18(25)26-4)20-19(27-16)21-17(24)14-10-13(22-23(14)3)12-8-6-5-7-9-12/h5-11H,1-4H3,(H,20,21,24). The van der Waals surface area contributed by atoms with Crippen LogP contribution in [0.5, 0.6) is 0 Å². The quantitative estimate of drug-likeness (QED) is 0.678. The molecule has 0 radical (unpaired) electrons. The molecule has 8 heteroatoms. The molecule has 0 aliphatic rings. The smallest absolute Gasteiger partial charge is 0.357 e. The molecular weight excluding hydrogens is 364 g/mol. The second-order valence-electron chi connectivity index (χ2n) is 6.24. The largest absolute Gasteiger partial charge is 0.464 e. The Morgan fingerprint density at radius 1 is 1.22 bits per heavy atom. The monoisotopic (exact) mass is 384 g/mol. The van der Waals surface area contributed by atoms with Gasteiger partial charge in [-0.05, 0) is 12.0 Å². The summed E-state index contributed by atoms with van der Waals surface area (Å²) in [6, 6.07) is 11.4. The molecule has 140 valence electrons. The van der Waals surface area contributed by atoms with Crippen molar-refractivity contribution < 1.29 is 14.3 Å². The Balaban J connectivity index is 1.86. The van der Waals surface area contributed by atoms with Crippen molar-refractivity contribution in [3.8, 4) is 11.3 Å². The van der Waals surface area contributed by atoms with Gasteiger partial charge in [0.15, 0.2) is 10.8 Å². The Labute approximate surface area is 161 Å². The molecule has 7 nitrogen and oxygen atoms in total. The fourth-order valence-electron chi connectivity index (χ4n) is 2.61. The SMILES string of the molecule is COC(=O)c1nc(NC(=O)c2cc(-c3ccccc3)nn2C)sc1C(C)C. The predicted octanol–water partition coefficient (Wildman–Crippen LogP) is 3.71. The van der Waals surface area contributed by atoms with Crippen LogP contribution in [0.25, 0.3) is 11.3 Å². The normalized spacial score (nSPS) is 10.9. The zero-order valence-electron chi connectivity index (χ0n) is 15.5. The number of hydrogen-bond acceptors (Lipinski definition) is 6. The first-order valence-corrected chi connectivity index (χ1v) is 9.22. The minimum atomic E-state index is -0.512. The third-order valence-electron chi connectivity index (χ3n) is 3.96. The number of nitrogens with zero attached hydrogens (tertiary/aromatic N) is 3. The lowest BCUT2D eigenvalue weighted by molar-refractivity contribution is 0.0593. The lowest BCUT2D eigenvalue weighted by Crippen LogP contribution is -2.16. The summed E-state index contributed by atoms with van der Waals surface area (Å²) >= 11 is 1.27. The van der Waals surface area contributed by atoms with Crippen LogP contribution in [-0.2, 0) is 11.8 Å². The second kappa shape index (κ2) is 7.71. The molecule has 0 fully saturated rings. The molecule has 0 unspecified atom stereocenters. The van der Waals surface area contributed by atoms with Gasteiger partial charge in [-0.15, -0.1) is 11.3 Å². The lowest BCUT2D eigenvalue weighted by atomic mass is 10.1. The number of esters is 1. The third kappa shape index (κ3) is 3.90. The molecule has 0 saturated heterocycles. The molecule has 1 amide bonds. The number of amides is 1. The molecule has 0 saturated carbocycles. The first kappa shape index (κ1) is 18.8. The zero-order chi connectivity index (χ0) is 19.6. The minimum absolute atomic E-state index is 0.0867. The number of rotatable bonds is 5. The fraction of sp³-hybridized carbons (Fsp3) is 0.263. The Bertz CT molecular complexity index is 976. The topological polar surface area (TPSA) is 86.1 Å². The van der Waals surface area contributed by atoms with Crippen LogP contribution in [-0.4, -0.2) is 33.8 Å². The maximum Gasteiger partial charge on any atom is 0.357 e. The Kier molecular flexibility index (Phi) is 5.36. The van der Waals surface area contributed by atoms with E-state index < -0.39 is 5.97 Å². The number of carbonyl (C=O) groups is 2. The molecule has 0 spiro atoms.